The molecule has 0 amide bonds. The zero-order chi connectivity index (χ0) is 20.5. The van der Waals surface area contributed by atoms with E-state index >= 15 is 0 Å². The molecule has 5 aromatic rings. The fourth-order valence-corrected chi connectivity index (χ4v) is 3.43. The van der Waals surface area contributed by atoms with Crippen LogP contribution in [0.5, 0.6) is 0 Å². The zero-order valence-corrected chi connectivity index (χ0v) is 15.9. The monoisotopic (exact) mass is 396 g/mol. The summed E-state index contributed by atoms with van der Waals surface area (Å²) in [6, 6.07) is 20.0. The molecular formula is C23H17FN6. The molecule has 3 aromatic heterocycles. The van der Waals surface area contributed by atoms with Crippen molar-refractivity contribution in [1.82, 2.24) is 24.7 Å². The van der Waals surface area contributed by atoms with Gasteiger partial charge in [-0.1, -0.05) is 42.5 Å². The molecule has 0 fully saturated rings. The van der Waals surface area contributed by atoms with Crippen LogP contribution < -0.4 is 5.73 Å². The Morgan fingerprint density at radius 3 is 2.50 bits per heavy atom. The number of pyridine rings is 1. The second-order valence-electron chi connectivity index (χ2n) is 6.82. The highest BCUT2D eigenvalue weighted by atomic mass is 19.1. The van der Waals surface area contributed by atoms with Gasteiger partial charge in [0.2, 0.25) is 0 Å². The molecule has 5 rings (SSSR count). The Morgan fingerprint density at radius 2 is 1.70 bits per heavy atom. The maximum atomic E-state index is 14.2. The molecule has 0 radical (unpaired) electrons. The summed E-state index contributed by atoms with van der Waals surface area (Å²) < 4.78 is 15.9. The van der Waals surface area contributed by atoms with Crippen LogP contribution in [-0.2, 0) is 6.54 Å². The van der Waals surface area contributed by atoms with Crippen LogP contribution in [0.25, 0.3) is 33.7 Å². The molecule has 7 heteroatoms. The van der Waals surface area contributed by atoms with Gasteiger partial charge in [0, 0.05) is 23.3 Å². The van der Waals surface area contributed by atoms with Gasteiger partial charge in [0.15, 0.2) is 5.82 Å². The molecule has 0 atom stereocenters. The van der Waals surface area contributed by atoms with Gasteiger partial charge in [-0.15, -0.1) is 0 Å². The summed E-state index contributed by atoms with van der Waals surface area (Å²) in [5, 5.41) is 5.57. The van der Waals surface area contributed by atoms with Crippen molar-refractivity contribution >= 4 is 16.7 Å². The number of hydrogen-bond donors (Lipinski definition) is 1. The second kappa shape index (κ2) is 7.36. The topological polar surface area (TPSA) is 82.5 Å². The molecule has 0 unspecified atom stereocenters. The molecule has 0 aliphatic rings. The number of hydrogen-bond acceptors (Lipinski definition) is 5. The molecule has 3 heterocycles. The summed E-state index contributed by atoms with van der Waals surface area (Å²) in [5.41, 5.74) is 9.60. The molecule has 0 bridgehead atoms. The number of nitrogen functional groups attached to an aromatic ring is 1. The highest BCUT2D eigenvalue weighted by Crippen LogP contribution is 2.29. The Bertz CT molecular complexity index is 1350. The Morgan fingerprint density at radius 1 is 0.900 bits per heavy atom. The van der Waals surface area contributed by atoms with Crippen molar-refractivity contribution in [1.29, 1.82) is 0 Å². The van der Waals surface area contributed by atoms with E-state index in [1.54, 1.807) is 29.2 Å². The van der Waals surface area contributed by atoms with Crippen molar-refractivity contribution in [3.05, 3.63) is 90.5 Å². The van der Waals surface area contributed by atoms with Gasteiger partial charge in [0.05, 0.1) is 23.3 Å². The standard InChI is InChI=1S/C23H17FN6/c24-18-9-3-1-7-15(18)14-30-20-11-4-2-8-16(20)21(29-30)23-27-13-17(22(25)28-23)19-10-5-6-12-26-19/h1-13H,14H2,(H2,25,27,28). The van der Waals surface area contributed by atoms with Crippen LogP contribution in [0.15, 0.2) is 79.1 Å². The molecule has 0 spiro atoms. The van der Waals surface area contributed by atoms with Crippen molar-refractivity contribution < 1.29 is 4.39 Å². The third-order valence-corrected chi connectivity index (χ3v) is 4.91. The van der Waals surface area contributed by atoms with Crippen LogP contribution in [0, 0.1) is 5.82 Å². The van der Waals surface area contributed by atoms with Crippen molar-refractivity contribution in [2.45, 2.75) is 6.54 Å². The number of fused-ring (bicyclic) bond motifs is 1. The van der Waals surface area contributed by atoms with E-state index in [-0.39, 0.29) is 5.82 Å². The maximum Gasteiger partial charge on any atom is 0.182 e. The highest BCUT2D eigenvalue weighted by Gasteiger charge is 2.17. The van der Waals surface area contributed by atoms with Crippen LogP contribution in [0.4, 0.5) is 10.2 Å². The van der Waals surface area contributed by atoms with Crippen LogP contribution in [-0.4, -0.2) is 24.7 Å². The van der Waals surface area contributed by atoms with Gasteiger partial charge >= 0.3 is 0 Å². The van der Waals surface area contributed by atoms with Crippen LogP contribution in [0.2, 0.25) is 0 Å². The second-order valence-corrected chi connectivity index (χ2v) is 6.82. The summed E-state index contributed by atoms with van der Waals surface area (Å²) >= 11 is 0. The number of nitrogens with zero attached hydrogens (tertiary/aromatic N) is 5. The molecule has 0 aliphatic heterocycles. The lowest BCUT2D eigenvalue weighted by atomic mass is 10.1. The van der Waals surface area contributed by atoms with Gasteiger partial charge in [-0.2, -0.15) is 5.10 Å². The van der Waals surface area contributed by atoms with E-state index < -0.39 is 0 Å². The van der Waals surface area contributed by atoms with Gasteiger partial charge in [-0.05, 0) is 24.3 Å². The normalized spacial score (nSPS) is 11.1. The van der Waals surface area contributed by atoms with Crippen LogP contribution in [0.3, 0.4) is 0 Å². The molecule has 146 valence electrons. The van der Waals surface area contributed by atoms with Crippen molar-refractivity contribution in [2.24, 2.45) is 0 Å². The third-order valence-electron chi connectivity index (χ3n) is 4.91. The Hall–Kier alpha value is -4.13. The van der Waals surface area contributed by atoms with E-state index in [2.05, 4.69) is 15.0 Å². The number of benzene rings is 2. The van der Waals surface area contributed by atoms with E-state index in [1.165, 1.54) is 6.07 Å². The van der Waals surface area contributed by atoms with Gasteiger partial charge in [0.1, 0.15) is 17.3 Å². The smallest absolute Gasteiger partial charge is 0.182 e. The van der Waals surface area contributed by atoms with Gasteiger partial charge in [0.25, 0.3) is 0 Å². The average Bonchev–Trinajstić information content (AvgIpc) is 3.14. The molecule has 2 aromatic carbocycles. The quantitative estimate of drug-likeness (QED) is 0.489. The van der Waals surface area contributed by atoms with Crippen LogP contribution >= 0.6 is 0 Å². The highest BCUT2D eigenvalue weighted by molar-refractivity contribution is 5.92. The summed E-state index contributed by atoms with van der Waals surface area (Å²) in [4.78, 5) is 13.3. The number of anilines is 1. The minimum Gasteiger partial charge on any atom is -0.383 e. The number of halogens is 1. The van der Waals surface area contributed by atoms with E-state index in [1.807, 2.05) is 48.5 Å². The lowest BCUT2D eigenvalue weighted by Gasteiger charge is -2.05. The summed E-state index contributed by atoms with van der Waals surface area (Å²) in [7, 11) is 0. The van der Waals surface area contributed by atoms with Crippen LogP contribution in [0.1, 0.15) is 5.56 Å². The van der Waals surface area contributed by atoms with E-state index in [0.717, 1.165) is 10.9 Å². The minimum atomic E-state index is -0.265. The number of nitrogens with two attached hydrogens (primary N) is 1. The molecule has 30 heavy (non-hydrogen) atoms. The molecule has 6 nitrogen and oxygen atoms in total. The predicted molar refractivity (Wildman–Crippen MR) is 114 cm³/mol. The summed E-state index contributed by atoms with van der Waals surface area (Å²) in [5.74, 6) is 0.473. The average molecular weight is 396 g/mol. The minimum absolute atomic E-state index is 0.265. The maximum absolute atomic E-state index is 14.2. The lowest BCUT2D eigenvalue weighted by molar-refractivity contribution is 0.590. The molecule has 0 saturated heterocycles. The van der Waals surface area contributed by atoms with Gasteiger partial charge in [-0.3, -0.25) is 9.67 Å². The van der Waals surface area contributed by atoms with Crippen molar-refractivity contribution in [3.8, 4) is 22.8 Å². The summed E-state index contributed by atoms with van der Waals surface area (Å²) in [6.07, 6.45) is 3.35. The zero-order valence-electron chi connectivity index (χ0n) is 15.9. The van der Waals surface area contributed by atoms with E-state index in [4.69, 9.17) is 10.8 Å². The van der Waals surface area contributed by atoms with Crippen molar-refractivity contribution in [2.75, 3.05) is 5.73 Å². The van der Waals surface area contributed by atoms with Gasteiger partial charge < -0.3 is 5.73 Å². The molecular weight excluding hydrogens is 379 g/mol. The van der Waals surface area contributed by atoms with Gasteiger partial charge in [-0.25, -0.2) is 14.4 Å². The number of aromatic nitrogens is 5. The fourth-order valence-electron chi connectivity index (χ4n) is 3.43. The largest absolute Gasteiger partial charge is 0.383 e. The lowest BCUT2D eigenvalue weighted by Crippen LogP contribution is -2.04. The number of rotatable bonds is 4. The Labute approximate surface area is 171 Å². The molecule has 0 aliphatic carbocycles. The molecule has 2 N–H and O–H groups in total. The summed E-state index contributed by atoms with van der Waals surface area (Å²) in [6.45, 7) is 0.300. The first-order valence-electron chi connectivity index (χ1n) is 9.44. The Kier molecular flexibility index (Phi) is 4.40. The SMILES string of the molecule is Nc1nc(-c2nn(Cc3ccccc3F)c3ccccc23)ncc1-c1ccccn1. The first-order valence-corrected chi connectivity index (χ1v) is 9.44. The fraction of sp³-hybridized carbons (Fsp3) is 0.0435. The number of para-hydroxylation sites is 1. The first-order chi connectivity index (χ1) is 14.7. The van der Waals surface area contributed by atoms with Crippen molar-refractivity contribution in [3.63, 3.8) is 0 Å². The predicted octanol–water partition coefficient (Wildman–Crippen LogP) is 4.32. The molecule has 0 saturated carbocycles. The van der Waals surface area contributed by atoms with E-state index in [9.17, 15) is 4.39 Å². The first kappa shape index (κ1) is 17.9. The van der Waals surface area contributed by atoms with E-state index in [0.29, 0.717) is 40.7 Å². The Balaban J connectivity index is 1.60. The third kappa shape index (κ3) is 3.16.